The zero-order valence-electron chi connectivity index (χ0n) is 25.2. The van der Waals surface area contributed by atoms with Crippen molar-refractivity contribution >= 4 is 0 Å². The molecule has 0 amide bonds. The fraction of sp³-hybridized carbons (Fsp3) is 0.600. The molecule has 0 unspecified atom stereocenters. The number of aromatic nitrogens is 6. The largest absolute Gasteiger partial charge is 0.486 e. The van der Waals surface area contributed by atoms with Gasteiger partial charge in [0.1, 0.15) is 19.6 Å². The van der Waals surface area contributed by atoms with Gasteiger partial charge < -0.3 is 13.6 Å². The van der Waals surface area contributed by atoms with Crippen molar-refractivity contribution in [1.29, 1.82) is 16.2 Å². The van der Waals surface area contributed by atoms with Gasteiger partial charge in [0.25, 0.3) is 33.7 Å². The Balaban J connectivity index is 1.82. The first-order chi connectivity index (χ1) is 20.5. The van der Waals surface area contributed by atoms with Gasteiger partial charge in [-0.25, -0.2) is 14.0 Å². The molecule has 228 valence electrons. The Morgan fingerprint density at radius 2 is 0.762 bits per heavy atom. The second kappa shape index (κ2) is 15.3. The average Bonchev–Trinajstić information content (AvgIpc) is 3.67. The van der Waals surface area contributed by atoms with Crippen molar-refractivity contribution in [3.05, 3.63) is 34.9 Å². The van der Waals surface area contributed by atoms with E-state index in [1.807, 2.05) is 18.2 Å². The molecule has 0 aliphatic carbocycles. The molecule has 4 aromatic rings. The molecule has 0 saturated carbocycles. The minimum Gasteiger partial charge on any atom is -0.486 e. The second-order valence-corrected chi connectivity index (χ2v) is 10.9. The molecule has 1 aromatic carbocycles. The van der Waals surface area contributed by atoms with Crippen LogP contribution < -0.4 is 46.5 Å². The molecule has 0 atom stereocenters. The van der Waals surface area contributed by atoms with Crippen LogP contribution in [-0.4, -0.2) is 0 Å². The van der Waals surface area contributed by atoms with Gasteiger partial charge in [-0.15, -0.1) is 0 Å². The van der Waals surface area contributed by atoms with Gasteiger partial charge in [-0.1, -0.05) is 59.3 Å². The molecular formula is C30H45N9O3. The highest BCUT2D eigenvalue weighted by Crippen LogP contribution is 2.27. The van der Waals surface area contributed by atoms with E-state index in [1.54, 1.807) is 14.0 Å². The summed E-state index contributed by atoms with van der Waals surface area (Å²) in [4.78, 5) is 0. The first kappa shape index (κ1) is 31.0. The second-order valence-electron chi connectivity index (χ2n) is 10.9. The van der Waals surface area contributed by atoms with Crippen LogP contribution in [0.3, 0.4) is 0 Å². The highest BCUT2D eigenvalue weighted by Gasteiger charge is 2.25. The molecule has 0 aliphatic rings. The minimum absolute atomic E-state index is 0.0405. The van der Waals surface area contributed by atoms with Gasteiger partial charge in [0, 0.05) is 19.3 Å². The van der Waals surface area contributed by atoms with Crippen molar-refractivity contribution in [3.8, 4) is 33.8 Å². The Labute approximate surface area is 245 Å². The molecule has 0 fully saturated rings. The molecule has 0 bridgehead atoms. The number of hydrogen-bond acceptors (Lipinski definition) is 6. The van der Waals surface area contributed by atoms with E-state index in [9.17, 15) is 0 Å². The van der Waals surface area contributed by atoms with Crippen molar-refractivity contribution in [3.63, 3.8) is 0 Å². The molecule has 3 aromatic heterocycles. The molecule has 0 radical (unpaired) electrons. The number of hydrogen-bond donors (Lipinski definition) is 3. The van der Waals surface area contributed by atoms with E-state index in [1.165, 1.54) is 0 Å². The fourth-order valence-corrected chi connectivity index (χ4v) is 5.28. The number of rotatable bonds is 18. The molecule has 3 N–H and O–H groups in total. The minimum atomic E-state index is -0.0405. The maximum atomic E-state index is 8.57. The normalized spacial score (nSPS) is 11.5. The number of nitrogens with one attached hydrogen (secondary N) is 3. The van der Waals surface area contributed by atoms with E-state index >= 15 is 0 Å². The number of nitrogens with zero attached hydrogens (tertiary/aromatic N) is 6. The van der Waals surface area contributed by atoms with Crippen LogP contribution in [0.15, 0.2) is 31.8 Å². The molecule has 3 heterocycles. The van der Waals surface area contributed by atoms with Gasteiger partial charge in [-0.2, -0.15) is 0 Å². The summed E-state index contributed by atoms with van der Waals surface area (Å²) in [5, 5.41) is 38.2. The predicted octanol–water partition coefficient (Wildman–Crippen LogP) is 3.38. The first-order valence-corrected chi connectivity index (χ1v) is 15.5. The Bertz CT molecular complexity index is 1390. The van der Waals surface area contributed by atoms with E-state index in [4.69, 9.17) is 29.8 Å². The molecule has 0 spiro atoms. The van der Waals surface area contributed by atoms with Gasteiger partial charge >= 0.3 is 0 Å². The third-order valence-corrected chi connectivity index (χ3v) is 7.54. The Morgan fingerprint density at radius 3 is 1.02 bits per heavy atom. The zero-order chi connectivity index (χ0) is 29.9. The van der Waals surface area contributed by atoms with Crippen molar-refractivity contribution in [2.24, 2.45) is 0 Å². The van der Waals surface area contributed by atoms with E-state index in [0.717, 1.165) is 77.0 Å². The van der Waals surface area contributed by atoms with E-state index < -0.39 is 0 Å². The lowest BCUT2D eigenvalue weighted by atomic mass is 9.99. The van der Waals surface area contributed by atoms with Crippen LogP contribution in [-0.2, 0) is 19.6 Å². The van der Waals surface area contributed by atoms with Gasteiger partial charge in [-0.05, 0) is 37.5 Å². The van der Waals surface area contributed by atoms with Crippen LogP contribution in [0.5, 0.6) is 0 Å². The standard InChI is InChI=1S/C30H45N9O3/c1-4-7-10-13-16-37-25(28(31)40-34-37)22-19-23(26-29(32)41-35-38(26)17-14-11-8-5-2)21-24(20-22)27-30(33)42-36-39(27)18-15-12-9-6-3/h19-21,31-33H,4-18H2,1-3H3. The van der Waals surface area contributed by atoms with Gasteiger partial charge in [-0.3, -0.25) is 32.0 Å². The lowest BCUT2D eigenvalue weighted by molar-refractivity contribution is -0.758. The van der Waals surface area contributed by atoms with Gasteiger partial charge in [0.2, 0.25) is 0 Å². The zero-order valence-corrected chi connectivity index (χ0v) is 25.2. The van der Waals surface area contributed by atoms with Crippen LogP contribution in [0.1, 0.15) is 97.8 Å². The van der Waals surface area contributed by atoms with Crippen molar-refractivity contribution in [2.75, 3.05) is 0 Å². The molecule has 4 rings (SSSR count). The summed E-state index contributed by atoms with van der Waals surface area (Å²) in [5.74, 6) is 0. The predicted molar refractivity (Wildman–Crippen MR) is 150 cm³/mol. The molecule has 0 saturated heterocycles. The smallest absolute Gasteiger partial charge is 0.273 e. The summed E-state index contributed by atoms with van der Waals surface area (Å²) < 4.78 is 21.3. The average molecular weight is 580 g/mol. The summed E-state index contributed by atoms with van der Waals surface area (Å²) in [6.45, 7) is 8.39. The molecule has 12 nitrogen and oxygen atoms in total. The van der Waals surface area contributed by atoms with Crippen LogP contribution in [0.25, 0.3) is 33.8 Å². The maximum Gasteiger partial charge on any atom is 0.273 e. The van der Waals surface area contributed by atoms with Gasteiger partial charge in [0.05, 0.1) is 16.7 Å². The summed E-state index contributed by atoms with van der Waals surface area (Å²) >= 11 is 0. The van der Waals surface area contributed by atoms with Crippen LogP contribution in [0.2, 0.25) is 0 Å². The first-order valence-electron chi connectivity index (χ1n) is 15.5. The lowest BCUT2D eigenvalue weighted by Crippen LogP contribution is -2.42. The monoisotopic (exact) mass is 579 g/mol. The Kier molecular flexibility index (Phi) is 11.3. The van der Waals surface area contributed by atoms with E-state index in [-0.39, 0.29) is 16.7 Å². The summed E-state index contributed by atoms with van der Waals surface area (Å²) in [6.07, 6.45) is 12.8. The van der Waals surface area contributed by atoms with E-state index in [0.29, 0.717) is 53.4 Å². The lowest BCUT2D eigenvalue weighted by Gasteiger charge is -2.08. The summed E-state index contributed by atoms with van der Waals surface area (Å²) in [7, 11) is 0. The Hall–Kier alpha value is -3.96. The van der Waals surface area contributed by atoms with Gasteiger partial charge in [0.15, 0.2) is 0 Å². The quantitative estimate of drug-likeness (QED) is 0.121. The topological polar surface area (TPSA) is 165 Å². The SMILES string of the molecule is CCCCCC[n+]1[n-]oc(=N)c1-c1cc(-c2c(=N)o[n-][n+]2CCCCCC)cc(-c2c(=N)o[n-][n+]2CCCCCC)c1. The third kappa shape index (κ3) is 7.46. The number of benzene rings is 1. The fourth-order valence-electron chi connectivity index (χ4n) is 5.28. The maximum absolute atomic E-state index is 8.57. The van der Waals surface area contributed by atoms with Crippen LogP contribution in [0.4, 0.5) is 0 Å². The van der Waals surface area contributed by atoms with Crippen molar-refractivity contribution in [1.82, 2.24) is 15.8 Å². The molecular weight excluding hydrogens is 534 g/mol. The third-order valence-electron chi connectivity index (χ3n) is 7.54. The summed E-state index contributed by atoms with van der Waals surface area (Å²) in [6, 6.07) is 5.77. The number of aryl methyl sites for hydroxylation is 3. The van der Waals surface area contributed by atoms with Crippen molar-refractivity contribution < 1.29 is 27.6 Å². The Morgan fingerprint density at radius 1 is 0.476 bits per heavy atom. The van der Waals surface area contributed by atoms with Crippen molar-refractivity contribution in [2.45, 2.75) is 117 Å². The molecule has 42 heavy (non-hydrogen) atoms. The van der Waals surface area contributed by atoms with E-state index in [2.05, 4.69) is 36.6 Å². The van der Waals surface area contributed by atoms with Crippen LogP contribution >= 0.6 is 0 Å². The number of unbranched alkanes of at least 4 members (excludes halogenated alkanes) is 9. The highest BCUT2D eigenvalue weighted by molar-refractivity contribution is 5.74. The molecule has 0 aliphatic heterocycles. The van der Waals surface area contributed by atoms with Crippen LogP contribution in [0, 0.1) is 16.2 Å². The molecule has 12 heteroatoms. The highest BCUT2D eigenvalue weighted by atomic mass is 16.5. The summed E-state index contributed by atoms with van der Waals surface area (Å²) in [5.41, 5.74) is 3.60.